The Morgan fingerprint density at radius 1 is 0.964 bits per heavy atom. The first kappa shape index (κ1) is 19.8. The number of aryl methyl sites for hydroxylation is 1. The summed E-state index contributed by atoms with van der Waals surface area (Å²) in [6.45, 7) is 4.70. The van der Waals surface area contributed by atoms with Gasteiger partial charge in [-0.2, -0.15) is 0 Å². The van der Waals surface area contributed by atoms with E-state index < -0.39 is 6.04 Å². The zero-order chi connectivity index (χ0) is 20.1. The predicted octanol–water partition coefficient (Wildman–Crippen LogP) is 3.23. The predicted molar refractivity (Wildman–Crippen MR) is 108 cm³/mol. The number of Topliss-reactive ketones (excluding diaryl/α,β-unsaturated/α-hetero) is 1. The van der Waals surface area contributed by atoms with E-state index in [4.69, 9.17) is 0 Å². The molecule has 2 amide bonds. The monoisotopic (exact) mass is 378 g/mol. The second-order valence-corrected chi connectivity index (χ2v) is 7.39. The Kier molecular flexibility index (Phi) is 6.24. The first-order chi connectivity index (χ1) is 13.5. The zero-order valence-corrected chi connectivity index (χ0v) is 16.4. The van der Waals surface area contributed by atoms with Gasteiger partial charge in [0, 0.05) is 30.1 Å². The molecule has 2 aromatic carbocycles. The van der Waals surface area contributed by atoms with E-state index >= 15 is 0 Å². The molecule has 0 bridgehead atoms. The Hall–Kier alpha value is -2.95. The van der Waals surface area contributed by atoms with E-state index in [2.05, 4.69) is 5.32 Å². The number of nitrogens with zero attached hydrogens (tertiary/aromatic N) is 1. The lowest BCUT2D eigenvalue weighted by molar-refractivity contribution is -0.134. The molecule has 0 saturated carbocycles. The van der Waals surface area contributed by atoms with Crippen molar-refractivity contribution in [2.45, 2.75) is 32.7 Å². The Bertz CT molecular complexity index is 855. The average Bonchev–Trinajstić information content (AvgIpc) is 2.73. The minimum Gasteiger partial charge on any atom is -0.341 e. The molecule has 5 heteroatoms. The lowest BCUT2D eigenvalue weighted by Crippen LogP contribution is -2.49. The zero-order valence-electron chi connectivity index (χ0n) is 16.4. The first-order valence-electron chi connectivity index (χ1n) is 9.71. The molecule has 1 N–H and O–H groups in total. The fourth-order valence-corrected chi connectivity index (χ4v) is 3.60. The Morgan fingerprint density at radius 2 is 1.61 bits per heavy atom. The van der Waals surface area contributed by atoms with Crippen LogP contribution >= 0.6 is 0 Å². The first-order valence-corrected chi connectivity index (χ1v) is 9.71. The minimum absolute atomic E-state index is 0.0522. The molecule has 28 heavy (non-hydrogen) atoms. The van der Waals surface area contributed by atoms with Crippen LogP contribution in [0.25, 0.3) is 0 Å². The number of amides is 2. The van der Waals surface area contributed by atoms with E-state index in [1.807, 2.05) is 49.4 Å². The topological polar surface area (TPSA) is 66.5 Å². The van der Waals surface area contributed by atoms with Gasteiger partial charge in [0.1, 0.15) is 6.04 Å². The highest BCUT2D eigenvalue weighted by atomic mass is 16.2. The molecular weight excluding hydrogens is 352 g/mol. The van der Waals surface area contributed by atoms with E-state index in [0.29, 0.717) is 31.5 Å². The number of carbonyl (C=O) groups excluding carboxylic acids is 3. The molecule has 3 rings (SSSR count). The molecule has 2 aromatic rings. The number of hydrogen-bond donors (Lipinski definition) is 1. The van der Waals surface area contributed by atoms with Crippen molar-refractivity contribution in [1.29, 1.82) is 0 Å². The number of nitrogens with one attached hydrogen (secondary N) is 1. The van der Waals surface area contributed by atoms with Crippen molar-refractivity contribution in [3.63, 3.8) is 0 Å². The van der Waals surface area contributed by atoms with Gasteiger partial charge in [-0.05, 0) is 38.8 Å². The van der Waals surface area contributed by atoms with Crippen LogP contribution in [0.2, 0.25) is 0 Å². The van der Waals surface area contributed by atoms with Crippen molar-refractivity contribution in [3.8, 4) is 0 Å². The molecule has 1 heterocycles. The Morgan fingerprint density at radius 3 is 2.25 bits per heavy atom. The van der Waals surface area contributed by atoms with Crippen LogP contribution < -0.4 is 5.32 Å². The number of ketones is 1. The van der Waals surface area contributed by atoms with Crippen molar-refractivity contribution in [2.24, 2.45) is 5.92 Å². The van der Waals surface area contributed by atoms with Gasteiger partial charge in [0.15, 0.2) is 5.78 Å². The molecule has 1 unspecified atom stereocenters. The molecule has 1 atom stereocenters. The van der Waals surface area contributed by atoms with Crippen LogP contribution in [0.3, 0.4) is 0 Å². The number of piperidine rings is 1. The van der Waals surface area contributed by atoms with E-state index in [1.54, 1.807) is 24.0 Å². The van der Waals surface area contributed by atoms with Gasteiger partial charge in [0.05, 0.1) is 0 Å². The van der Waals surface area contributed by atoms with Gasteiger partial charge in [0.2, 0.25) is 5.91 Å². The molecule has 1 saturated heterocycles. The van der Waals surface area contributed by atoms with E-state index in [-0.39, 0.29) is 23.5 Å². The van der Waals surface area contributed by atoms with Crippen molar-refractivity contribution < 1.29 is 14.4 Å². The van der Waals surface area contributed by atoms with Crippen LogP contribution in [-0.2, 0) is 4.79 Å². The van der Waals surface area contributed by atoms with E-state index in [0.717, 1.165) is 11.1 Å². The van der Waals surface area contributed by atoms with Crippen molar-refractivity contribution >= 4 is 17.6 Å². The van der Waals surface area contributed by atoms with Crippen LogP contribution in [-0.4, -0.2) is 41.6 Å². The van der Waals surface area contributed by atoms with Crippen LogP contribution in [0.4, 0.5) is 0 Å². The second kappa shape index (κ2) is 8.83. The van der Waals surface area contributed by atoms with Crippen LogP contribution in [0, 0.1) is 12.8 Å². The summed E-state index contributed by atoms with van der Waals surface area (Å²) in [6.07, 6.45) is 1.30. The molecule has 1 aliphatic heterocycles. The second-order valence-electron chi connectivity index (χ2n) is 7.39. The summed E-state index contributed by atoms with van der Waals surface area (Å²) in [6, 6.07) is 16.0. The van der Waals surface area contributed by atoms with Crippen molar-refractivity contribution in [3.05, 3.63) is 71.3 Å². The number of rotatable bonds is 5. The summed E-state index contributed by atoms with van der Waals surface area (Å²) in [7, 11) is 0. The Balaban J connectivity index is 1.53. The third-order valence-corrected chi connectivity index (χ3v) is 5.23. The summed E-state index contributed by atoms with van der Waals surface area (Å²) >= 11 is 0. The highest BCUT2D eigenvalue weighted by Gasteiger charge is 2.30. The van der Waals surface area contributed by atoms with Gasteiger partial charge in [-0.15, -0.1) is 0 Å². The lowest BCUT2D eigenvalue weighted by Gasteiger charge is -2.33. The van der Waals surface area contributed by atoms with E-state index in [1.165, 1.54) is 0 Å². The molecule has 1 aliphatic rings. The lowest BCUT2D eigenvalue weighted by atomic mass is 9.88. The number of benzene rings is 2. The molecule has 5 nitrogen and oxygen atoms in total. The summed E-state index contributed by atoms with van der Waals surface area (Å²) in [5, 5.41) is 2.78. The van der Waals surface area contributed by atoms with Gasteiger partial charge in [-0.3, -0.25) is 14.4 Å². The van der Waals surface area contributed by atoms with Gasteiger partial charge < -0.3 is 10.2 Å². The van der Waals surface area contributed by atoms with Crippen LogP contribution in [0.1, 0.15) is 46.0 Å². The summed E-state index contributed by atoms with van der Waals surface area (Å²) in [5.74, 6) is -0.262. The summed E-state index contributed by atoms with van der Waals surface area (Å²) in [4.78, 5) is 39.4. The van der Waals surface area contributed by atoms with Gasteiger partial charge in [-0.1, -0.05) is 48.0 Å². The van der Waals surface area contributed by atoms with Gasteiger partial charge >= 0.3 is 0 Å². The van der Waals surface area contributed by atoms with Crippen molar-refractivity contribution in [2.75, 3.05) is 13.1 Å². The number of hydrogen-bond acceptors (Lipinski definition) is 3. The molecule has 0 radical (unpaired) electrons. The standard InChI is InChI=1S/C23H26N2O3/c1-16-7-6-10-20(15-16)22(27)24-17(2)23(28)25-13-11-19(12-14-25)21(26)18-8-4-3-5-9-18/h3-10,15,17,19H,11-14H2,1-2H3,(H,24,27). The molecule has 1 fully saturated rings. The van der Waals surface area contributed by atoms with E-state index in [9.17, 15) is 14.4 Å². The minimum atomic E-state index is -0.602. The van der Waals surface area contributed by atoms with Gasteiger partial charge in [-0.25, -0.2) is 0 Å². The van der Waals surface area contributed by atoms with Crippen LogP contribution in [0.15, 0.2) is 54.6 Å². The quantitative estimate of drug-likeness (QED) is 0.813. The fraction of sp³-hybridized carbons (Fsp3) is 0.348. The molecule has 0 aliphatic carbocycles. The van der Waals surface area contributed by atoms with Crippen LogP contribution in [0.5, 0.6) is 0 Å². The normalized spacial score (nSPS) is 15.7. The fourth-order valence-electron chi connectivity index (χ4n) is 3.60. The molecule has 146 valence electrons. The third kappa shape index (κ3) is 4.66. The molecule has 0 spiro atoms. The maximum Gasteiger partial charge on any atom is 0.251 e. The highest BCUT2D eigenvalue weighted by Crippen LogP contribution is 2.22. The maximum absolute atomic E-state index is 12.7. The highest BCUT2D eigenvalue weighted by molar-refractivity contribution is 5.98. The number of carbonyl (C=O) groups is 3. The van der Waals surface area contributed by atoms with Crippen molar-refractivity contribution in [1.82, 2.24) is 10.2 Å². The number of likely N-dealkylation sites (tertiary alicyclic amines) is 1. The third-order valence-electron chi connectivity index (χ3n) is 5.23. The molecular formula is C23H26N2O3. The average molecular weight is 378 g/mol. The smallest absolute Gasteiger partial charge is 0.251 e. The Labute approximate surface area is 165 Å². The maximum atomic E-state index is 12.7. The largest absolute Gasteiger partial charge is 0.341 e. The molecule has 0 aromatic heterocycles. The summed E-state index contributed by atoms with van der Waals surface area (Å²) < 4.78 is 0. The van der Waals surface area contributed by atoms with Gasteiger partial charge in [0.25, 0.3) is 5.91 Å². The SMILES string of the molecule is Cc1cccc(C(=O)NC(C)C(=O)N2CCC(C(=O)c3ccccc3)CC2)c1. The summed E-state index contributed by atoms with van der Waals surface area (Å²) in [5.41, 5.74) is 2.27.